The lowest BCUT2D eigenvalue weighted by Crippen LogP contribution is -1.96. The molecule has 0 N–H and O–H groups in total. The Bertz CT molecular complexity index is 266. The molecule has 0 amide bonds. The molecule has 1 rings (SSSR count). The van der Waals surface area contributed by atoms with E-state index in [1.807, 2.05) is 13.8 Å². The van der Waals surface area contributed by atoms with Crippen LogP contribution in [0.3, 0.4) is 0 Å². The highest BCUT2D eigenvalue weighted by atomic mass is 31.1. The van der Waals surface area contributed by atoms with Crippen LogP contribution in [0, 0.1) is 0 Å². The summed E-state index contributed by atoms with van der Waals surface area (Å²) in [5, 5.41) is 7.86. The molecule has 0 saturated heterocycles. The molecule has 3 atom stereocenters. The fourth-order valence-electron chi connectivity index (χ4n) is 0.643. The van der Waals surface area contributed by atoms with E-state index in [0.717, 1.165) is 0 Å². The number of aromatic nitrogens is 2. The van der Waals surface area contributed by atoms with Gasteiger partial charge in [-0.1, -0.05) is 13.8 Å². The summed E-state index contributed by atoms with van der Waals surface area (Å²) in [6, 6.07) is 0. The molecule has 0 fully saturated rings. The summed E-state index contributed by atoms with van der Waals surface area (Å²) < 4.78 is 5.13. The summed E-state index contributed by atoms with van der Waals surface area (Å²) in [4.78, 5) is 0. The highest BCUT2D eigenvalue weighted by Crippen LogP contribution is 2.44. The minimum absolute atomic E-state index is 0.286. The van der Waals surface area contributed by atoms with E-state index < -0.39 is 0 Å². The number of hydrogen-bond acceptors (Lipinski definition) is 3. The van der Waals surface area contributed by atoms with Gasteiger partial charge in [0.05, 0.1) is 4.64 Å². The largest absolute Gasteiger partial charge is 0.423 e. The highest BCUT2D eigenvalue weighted by molar-refractivity contribution is 7.56. The molecule has 3 nitrogen and oxygen atoms in total. The number of nitrogens with zero attached hydrogens (tertiary/aromatic N) is 2. The van der Waals surface area contributed by atoms with Crippen molar-refractivity contribution in [2.24, 2.45) is 0 Å². The first kappa shape index (κ1) is 10.5. The molecule has 0 aliphatic rings. The third-order valence-corrected chi connectivity index (χ3v) is 2.05. The van der Waals surface area contributed by atoms with Gasteiger partial charge in [0, 0.05) is 5.92 Å². The molecule has 0 aliphatic carbocycles. The van der Waals surface area contributed by atoms with E-state index >= 15 is 0 Å². The molecule has 0 aromatic carbocycles. The fourth-order valence-corrected chi connectivity index (χ4v) is 0.993. The van der Waals surface area contributed by atoms with E-state index in [-0.39, 0.29) is 10.6 Å². The van der Waals surface area contributed by atoms with Crippen LogP contribution in [0.25, 0.3) is 0 Å². The molecule has 1 aromatic rings. The van der Waals surface area contributed by atoms with Crippen molar-refractivity contribution in [3.05, 3.63) is 11.8 Å². The van der Waals surface area contributed by atoms with Gasteiger partial charge in [-0.15, -0.1) is 37.9 Å². The first-order valence-electron chi connectivity index (χ1n) is 3.61. The van der Waals surface area contributed by atoms with Crippen LogP contribution in [0.1, 0.15) is 31.5 Å². The van der Waals surface area contributed by atoms with Gasteiger partial charge in [0.15, 0.2) is 0 Å². The third-order valence-electron chi connectivity index (χ3n) is 1.30. The Labute approximate surface area is 79.1 Å². The maximum Gasteiger partial charge on any atom is 0.233 e. The van der Waals surface area contributed by atoms with Gasteiger partial charge in [-0.2, -0.15) is 0 Å². The van der Waals surface area contributed by atoms with Crippen LogP contribution in [0.15, 0.2) is 4.42 Å². The van der Waals surface area contributed by atoms with Gasteiger partial charge < -0.3 is 4.42 Å². The zero-order valence-electron chi connectivity index (χ0n) is 7.11. The van der Waals surface area contributed by atoms with Crippen LogP contribution in [0.2, 0.25) is 0 Å². The van der Waals surface area contributed by atoms with E-state index in [2.05, 4.69) is 37.9 Å². The minimum atomic E-state index is -0.292. The van der Waals surface area contributed by atoms with Crippen LogP contribution >= 0.6 is 27.7 Å². The minimum Gasteiger partial charge on any atom is -0.423 e. The molecule has 6 heteroatoms. The lowest BCUT2D eigenvalue weighted by Gasteiger charge is -2.10. The normalized spacial score (nSPS) is 12.5. The fraction of sp³-hybridized carbons (Fsp3) is 0.667. The van der Waals surface area contributed by atoms with Crippen molar-refractivity contribution in [1.29, 1.82) is 0 Å². The standard InChI is InChI=1S/C6H13N2OP3/c1-3(2)4-7-8-5(9-4)6(10,11)12/h3H,10-12H2,1-2H3. The van der Waals surface area contributed by atoms with Crippen LogP contribution in [-0.4, -0.2) is 10.2 Å². The SMILES string of the molecule is CC(C)c1nnc(C(P)(P)P)o1. The van der Waals surface area contributed by atoms with Gasteiger partial charge in [-0.3, -0.25) is 0 Å². The Morgan fingerprint density at radius 1 is 1.25 bits per heavy atom. The molecule has 0 radical (unpaired) electrons. The van der Waals surface area contributed by atoms with Crippen LogP contribution in [0.4, 0.5) is 0 Å². The average molecular weight is 222 g/mol. The summed E-state index contributed by atoms with van der Waals surface area (Å²) in [6.07, 6.45) is 0. The Morgan fingerprint density at radius 2 is 1.83 bits per heavy atom. The van der Waals surface area contributed by atoms with Crippen molar-refractivity contribution in [1.82, 2.24) is 10.2 Å². The Kier molecular flexibility index (Phi) is 3.21. The monoisotopic (exact) mass is 222 g/mol. The van der Waals surface area contributed by atoms with Gasteiger partial charge >= 0.3 is 0 Å². The Hall–Kier alpha value is 0.430. The van der Waals surface area contributed by atoms with Gasteiger partial charge in [0.25, 0.3) is 0 Å². The molecule has 0 saturated carbocycles. The Balaban J connectivity index is 2.92. The summed E-state index contributed by atoms with van der Waals surface area (Å²) in [5.41, 5.74) is 0. The first-order chi connectivity index (χ1) is 5.41. The Morgan fingerprint density at radius 3 is 2.08 bits per heavy atom. The van der Waals surface area contributed by atoms with Crippen LogP contribution in [-0.2, 0) is 4.64 Å². The van der Waals surface area contributed by atoms with Crippen molar-refractivity contribution in [2.45, 2.75) is 24.4 Å². The smallest absolute Gasteiger partial charge is 0.233 e. The van der Waals surface area contributed by atoms with E-state index in [0.29, 0.717) is 11.8 Å². The van der Waals surface area contributed by atoms with Crippen molar-refractivity contribution in [3.8, 4) is 0 Å². The second-order valence-corrected chi connectivity index (χ2v) is 7.90. The molecular formula is C6H13N2OP3. The lowest BCUT2D eigenvalue weighted by molar-refractivity contribution is 0.439. The predicted molar refractivity (Wildman–Crippen MR) is 59.2 cm³/mol. The third kappa shape index (κ3) is 2.46. The topological polar surface area (TPSA) is 38.9 Å². The summed E-state index contributed by atoms with van der Waals surface area (Å²) in [6.45, 7) is 4.04. The maximum absolute atomic E-state index is 5.42. The van der Waals surface area contributed by atoms with E-state index in [9.17, 15) is 0 Å². The molecule has 0 aliphatic heterocycles. The highest BCUT2D eigenvalue weighted by Gasteiger charge is 2.22. The van der Waals surface area contributed by atoms with Crippen molar-refractivity contribution in [3.63, 3.8) is 0 Å². The second-order valence-electron chi connectivity index (χ2n) is 3.03. The van der Waals surface area contributed by atoms with E-state index in [1.54, 1.807) is 0 Å². The first-order valence-corrected chi connectivity index (χ1v) is 5.35. The van der Waals surface area contributed by atoms with Crippen molar-refractivity contribution >= 4 is 27.7 Å². The maximum atomic E-state index is 5.42. The summed E-state index contributed by atoms with van der Waals surface area (Å²) in [7, 11) is 7.82. The summed E-state index contributed by atoms with van der Waals surface area (Å²) >= 11 is 0. The molecule has 1 aromatic heterocycles. The van der Waals surface area contributed by atoms with Crippen LogP contribution < -0.4 is 0 Å². The lowest BCUT2D eigenvalue weighted by atomic mass is 10.2. The summed E-state index contributed by atoms with van der Waals surface area (Å²) in [5.74, 6) is 1.57. The van der Waals surface area contributed by atoms with Gasteiger partial charge in [-0.25, -0.2) is 0 Å². The number of rotatable bonds is 2. The van der Waals surface area contributed by atoms with Crippen LogP contribution in [0.5, 0.6) is 0 Å². The van der Waals surface area contributed by atoms with Gasteiger partial charge in [0.2, 0.25) is 11.8 Å². The molecular weight excluding hydrogens is 209 g/mol. The van der Waals surface area contributed by atoms with Crippen molar-refractivity contribution in [2.75, 3.05) is 0 Å². The molecule has 3 unspecified atom stereocenters. The molecule has 0 spiro atoms. The molecule has 68 valence electrons. The number of hydrogen-bond donors (Lipinski definition) is 0. The molecule has 12 heavy (non-hydrogen) atoms. The van der Waals surface area contributed by atoms with E-state index in [4.69, 9.17) is 4.42 Å². The zero-order chi connectivity index (χ0) is 9.35. The average Bonchev–Trinajstić information content (AvgIpc) is 2.30. The second kappa shape index (κ2) is 3.66. The predicted octanol–water partition coefficient (Wildman–Crippen LogP) is 1.93. The van der Waals surface area contributed by atoms with Gasteiger partial charge in [0.1, 0.15) is 0 Å². The molecule has 1 heterocycles. The van der Waals surface area contributed by atoms with E-state index in [1.165, 1.54) is 0 Å². The molecule has 0 bridgehead atoms. The van der Waals surface area contributed by atoms with Crippen molar-refractivity contribution < 1.29 is 4.42 Å². The van der Waals surface area contributed by atoms with Gasteiger partial charge in [-0.05, 0) is 0 Å². The quantitative estimate of drug-likeness (QED) is 0.717. The zero-order valence-corrected chi connectivity index (χ0v) is 10.6.